The van der Waals surface area contributed by atoms with Crippen LogP contribution in [0, 0.1) is 0 Å². The average Bonchev–Trinajstić information content (AvgIpc) is 2.70. The fourth-order valence-corrected chi connectivity index (χ4v) is 3.90. The van der Waals surface area contributed by atoms with Crippen molar-refractivity contribution in [3.63, 3.8) is 0 Å². The first-order chi connectivity index (χ1) is 13.5. The number of carbonyl (C=O) groups excluding carboxylic acids is 2. The number of morpholine rings is 1. The van der Waals surface area contributed by atoms with Crippen LogP contribution in [0.1, 0.15) is 18.5 Å². The highest BCUT2D eigenvalue weighted by molar-refractivity contribution is 6.31. The maximum Gasteiger partial charge on any atom is 0.236 e. The summed E-state index contributed by atoms with van der Waals surface area (Å²) in [6.45, 7) is 8.52. The standard InChI is InChI=1S/C20H29ClN4O3/c1-16(17-4-2-3-5-18(17)21)22-19(26)14-23-6-8-24(9-7-23)15-20(27)25-10-12-28-13-11-25/h2-5,16H,6-15H2,1H3,(H,22,26). The fraction of sp³-hybridized carbons (Fsp3) is 0.600. The van der Waals surface area contributed by atoms with Gasteiger partial charge in [0, 0.05) is 44.3 Å². The Bertz CT molecular complexity index is 673. The normalized spacial score (nSPS) is 20.0. The van der Waals surface area contributed by atoms with E-state index < -0.39 is 0 Å². The molecule has 0 aromatic heterocycles. The molecule has 0 saturated carbocycles. The molecule has 8 heteroatoms. The van der Waals surface area contributed by atoms with Crippen molar-refractivity contribution in [1.29, 1.82) is 0 Å². The van der Waals surface area contributed by atoms with E-state index in [1.165, 1.54) is 0 Å². The van der Waals surface area contributed by atoms with Crippen molar-refractivity contribution in [2.24, 2.45) is 0 Å². The van der Waals surface area contributed by atoms with Crippen LogP contribution in [0.3, 0.4) is 0 Å². The number of piperazine rings is 1. The van der Waals surface area contributed by atoms with Gasteiger partial charge < -0.3 is 15.0 Å². The molecule has 2 saturated heterocycles. The smallest absolute Gasteiger partial charge is 0.236 e. The molecule has 154 valence electrons. The van der Waals surface area contributed by atoms with Crippen molar-refractivity contribution in [2.75, 3.05) is 65.6 Å². The lowest BCUT2D eigenvalue weighted by Gasteiger charge is -2.35. The zero-order valence-electron chi connectivity index (χ0n) is 16.4. The van der Waals surface area contributed by atoms with Crippen molar-refractivity contribution in [1.82, 2.24) is 20.0 Å². The molecule has 1 atom stereocenters. The van der Waals surface area contributed by atoms with Gasteiger partial charge in [-0.3, -0.25) is 19.4 Å². The van der Waals surface area contributed by atoms with Crippen molar-refractivity contribution < 1.29 is 14.3 Å². The summed E-state index contributed by atoms with van der Waals surface area (Å²) in [4.78, 5) is 30.9. The number of carbonyl (C=O) groups is 2. The lowest BCUT2D eigenvalue weighted by atomic mass is 10.1. The highest BCUT2D eigenvalue weighted by Gasteiger charge is 2.24. The van der Waals surface area contributed by atoms with Gasteiger partial charge in [0.25, 0.3) is 0 Å². The van der Waals surface area contributed by atoms with Gasteiger partial charge in [0.2, 0.25) is 11.8 Å². The summed E-state index contributed by atoms with van der Waals surface area (Å²) in [5.41, 5.74) is 0.920. The van der Waals surface area contributed by atoms with Crippen LogP contribution in [0.15, 0.2) is 24.3 Å². The summed E-state index contributed by atoms with van der Waals surface area (Å²) in [6, 6.07) is 7.42. The number of rotatable bonds is 6. The van der Waals surface area contributed by atoms with Gasteiger partial charge in [0.15, 0.2) is 0 Å². The summed E-state index contributed by atoms with van der Waals surface area (Å²) >= 11 is 6.20. The second-order valence-electron chi connectivity index (χ2n) is 7.36. The number of nitrogens with zero attached hydrogens (tertiary/aromatic N) is 3. The van der Waals surface area contributed by atoms with Crippen molar-refractivity contribution >= 4 is 23.4 Å². The number of hydrogen-bond donors (Lipinski definition) is 1. The zero-order chi connectivity index (χ0) is 19.9. The summed E-state index contributed by atoms with van der Waals surface area (Å²) < 4.78 is 5.29. The molecule has 2 heterocycles. The summed E-state index contributed by atoms with van der Waals surface area (Å²) in [5.74, 6) is 0.160. The molecule has 1 N–H and O–H groups in total. The van der Waals surface area contributed by atoms with Gasteiger partial charge in [-0.2, -0.15) is 0 Å². The van der Waals surface area contributed by atoms with Crippen LogP contribution < -0.4 is 5.32 Å². The molecule has 2 aliphatic heterocycles. The van der Waals surface area contributed by atoms with E-state index >= 15 is 0 Å². The second-order valence-corrected chi connectivity index (χ2v) is 7.76. The van der Waals surface area contributed by atoms with E-state index in [1.807, 2.05) is 36.1 Å². The summed E-state index contributed by atoms with van der Waals surface area (Å²) in [6.07, 6.45) is 0. The number of amides is 2. The maximum atomic E-state index is 12.4. The quantitative estimate of drug-likeness (QED) is 0.760. The molecule has 2 amide bonds. The minimum atomic E-state index is -0.131. The van der Waals surface area contributed by atoms with Gasteiger partial charge in [-0.1, -0.05) is 29.8 Å². The SMILES string of the molecule is CC(NC(=O)CN1CCN(CC(=O)N2CCOCC2)CC1)c1ccccc1Cl. The molecule has 1 aromatic carbocycles. The molecule has 1 unspecified atom stereocenters. The van der Waals surface area contributed by atoms with E-state index in [1.54, 1.807) is 0 Å². The molecule has 2 aliphatic rings. The molecule has 2 fully saturated rings. The van der Waals surface area contributed by atoms with Gasteiger partial charge in [-0.15, -0.1) is 0 Å². The number of hydrogen-bond acceptors (Lipinski definition) is 5. The Balaban J connectivity index is 1.38. The fourth-order valence-electron chi connectivity index (χ4n) is 3.60. The molecule has 3 rings (SSSR count). The van der Waals surface area contributed by atoms with Crippen molar-refractivity contribution in [2.45, 2.75) is 13.0 Å². The van der Waals surface area contributed by atoms with Gasteiger partial charge in [0.05, 0.1) is 32.3 Å². The van der Waals surface area contributed by atoms with Crippen LogP contribution in [0.5, 0.6) is 0 Å². The highest BCUT2D eigenvalue weighted by atomic mass is 35.5. The first kappa shape index (κ1) is 21.0. The molecule has 0 spiro atoms. The van der Waals surface area contributed by atoms with E-state index in [0.717, 1.165) is 31.7 Å². The zero-order valence-corrected chi connectivity index (χ0v) is 17.2. The predicted octanol–water partition coefficient (Wildman–Crippen LogP) is 0.994. The maximum absolute atomic E-state index is 12.4. The molecular formula is C20H29ClN4O3. The average molecular weight is 409 g/mol. The van der Waals surface area contributed by atoms with Crippen LogP contribution >= 0.6 is 11.6 Å². The van der Waals surface area contributed by atoms with Crippen LogP contribution in [0.2, 0.25) is 5.02 Å². The Morgan fingerprint density at radius 2 is 1.64 bits per heavy atom. The van der Waals surface area contributed by atoms with Crippen LogP contribution in [-0.2, 0) is 14.3 Å². The molecule has 28 heavy (non-hydrogen) atoms. The number of benzene rings is 1. The molecule has 0 bridgehead atoms. The predicted molar refractivity (Wildman–Crippen MR) is 108 cm³/mol. The largest absolute Gasteiger partial charge is 0.378 e. The minimum Gasteiger partial charge on any atom is -0.378 e. The van der Waals surface area contributed by atoms with E-state index in [-0.39, 0.29) is 17.9 Å². The summed E-state index contributed by atoms with van der Waals surface area (Å²) in [7, 11) is 0. The first-order valence-corrected chi connectivity index (χ1v) is 10.2. The Morgan fingerprint density at radius 1 is 1.04 bits per heavy atom. The lowest BCUT2D eigenvalue weighted by molar-refractivity contribution is -0.137. The van der Waals surface area contributed by atoms with Gasteiger partial charge in [-0.05, 0) is 18.6 Å². The van der Waals surface area contributed by atoms with Gasteiger partial charge in [-0.25, -0.2) is 0 Å². The highest BCUT2D eigenvalue weighted by Crippen LogP contribution is 2.22. The molecular weight excluding hydrogens is 380 g/mol. The monoisotopic (exact) mass is 408 g/mol. The van der Waals surface area contributed by atoms with E-state index in [4.69, 9.17) is 16.3 Å². The first-order valence-electron chi connectivity index (χ1n) is 9.87. The Labute approximate surface area is 171 Å². The third-order valence-electron chi connectivity index (χ3n) is 5.30. The Kier molecular flexibility index (Phi) is 7.67. The third-order valence-corrected chi connectivity index (χ3v) is 5.65. The van der Waals surface area contributed by atoms with Gasteiger partial charge in [0.1, 0.15) is 0 Å². The van der Waals surface area contributed by atoms with Crippen molar-refractivity contribution in [3.8, 4) is 0 Å². The lowest BCUT2D eigenvalue weighted by Crippen LogP contribution is -2.53. The van der Waals surface area contributed by atoms with Crippen LogP contribution in [0.25, 0.3) is 0 Å². The number of ether oxygens (including phenoxy) is 1. The molecule has 1 aromatic rings. The van der Waals surface area contributed by atoms with Gasteiger partial charge >= 0.3 is 0 Å². The van der Waals surface area contributed by atoms with Crippen LogP contribution in [0.4, 0.5) is 0 Å². The minimum absolute atomic E-state index is 0.00902. The second kappa shape index (κ2) is 10.2. The van der Waals surface area contributed by atoms with E-state index in [2.05, 4.69) is 15.1 Å². The van der Waals surface area contributed by atoms with Crippen molar-refractivity contribution in [3.05, 3.63) is 34.9 Å². The molecule has 7 nitrogen and oxygen atoms in total. The van der Waals surface area contributed by atoms with E-state index in [0.29, 0.717) is 44.4 Å². The topological polar surface area (TPSA) is 65.1 Å². The molecule has 0 aliphatic carbocycles. The molecule has 0 radical (unpaired) electrons. The number of nitrogens with one attached hydrogen (secondary N) is 1. The number of halogens is 1. The summed E-state index contributed by atoms with van der Waals surface area (Å²) in [5, 5.41) is 3.68. The van der Waals surface area contributed by atoms with E-state index in [9.17, 15) is 9.59 Å². The van der Waals surface area contributed by atoms with Crippen LogP contribution in [-0.4, -0.2) is 92.1 Å². The Morgan fingerprint density at radius 3 is 2.29 bits per heavy atom. The third kappa shape index (κ3) is 5.91. The Hall–Kier alpha value is -1.67.